The Morgan fingerprint density at radius 3 is 2.41 bits per heavy atom. The molecular weight excluding hydrogens is 208 g/mol. The number of aryl methyl sites for hydroxylation is 2. The molecule has 1 aromatic rings. The number of rotatable bonds is 5. The molecule has 0 aliphatic heterocycles. The summed E-state index contributed by atoms with van der Waals surface area (Å²) in [5.74, 6) is 0. The lowest BCUT2D eigenvalue weighted by Crippen LogP contribution is -2.07. The zero-order valence-electron chi connectivity index (χ0n) is 11.2. The molecule has 94 valence electrons. The third-order valence-corrected chi connectivity index (χ3v) is 3.82. The molecule has 2 rings (SSSR count). The van der Waals surface area contributed by atoms with Crippen LogP contribution in [0.2, 0.25) is 0 Å². The summed E-state index contributed by atoms with van der Waals surface area (Å²) >= 11 is 0. The minimum atomic E-state index is 0.519. The molecule has 0 saturated heterocycles. The van der Waals surface area contributed by atoms with Gasteiger partial charge in [0.15, 0.2) is 0 Å². The van der Waals surface area contributed by atoms with Crippen LogP contribution in [0.1, 0.15) is 56.2 Å². The third-order valence-electron chi connectivity index (χ3n) is 3.82. The number of hydrogen-bond donors (Lipinski definition) is 0. The first-order valence-corrected chi connectivity index (χ1v) is 7.05. The first-order chi connectivity index (χ1) is 8.33. The summed E-state index contributed by atoms with van der Waals surface area (Å²) in [6.45, 7) is 5.25. The van der Waals surface area contributed by atoms with Gasteiger partial charge in [0.1, 0.15) is 0 Å². The maximum Gasteiger partial charge on any atom is 0.0720 e. The summed E-state index contributed by atoms with van der Waals surface area (Å²) in [6, 6.07) is 6.83. The van der Waals surface area contributed by atoms with Gasteiger partial charge in [0, 0.05) is 0 Å². The van der Waals surface area contributed by atoms with Gasteiger partial charge in [0.05, 0.1) is 12.7 Å². The van der Waals surface area contributed by atoms with Crippen LogP contribution in [0.3, 0.4) is 0 Å². The fraction of sp³-hybridized carbons (Fsp3) is 0.625. The lowest BCUT2D eigenvalue weighted by Gasteiger charge is -2.13. The average molecular weight is 232 g/mol. The molecule has 1 fully saturated rings. The van der Waals surface area contributed by atoms with E-state index in [1.165, 1.54) is 42.4 Å². The van der Waals surface area contributed by atoms with Gasteiger partial charge in [0.25, 0.3) is 0 Å². The summed E-state index contributed by atoms with van der Waals surface area (Å²) in [5, 5.41) is 0. The van der Waals surface area contributed by atoms with Gasteiger partial charge in [-0.15, -0.1) is 0 Å². The Bertz CT molecular complexity index is 351. The molecule has 1 nitrogen and oxygen atoms in total. The minimum absolute atomic E-state index is 0.519. The van der Waals surface area contributed by atoms with Gasteiger partial charge in [-0.1, -0.05) is 44.9 Å². The van der Waals surface area contributed by atoms with Crippen LogP contribution in [0.25, 0.3) is 0 Å². The van der Waals surface area contributed by atoms with E-state index in [1.807, 2.05) is 0 Å². The number of benzene rings is 1. The second-order valence-corrected chi connectivity index (χ2v) is 5.03. The van der Waals surface area contributed by atoms with Gasteiger partial charge in [0.2, 0.25) is 0 Å². The molecule has 0 N–H and O–H groups in total. The van der Waals surface area contributed by atoms with Crippen molar-refractivity contribution in [2.24, 2.45) is 0 Å². The van der Waals surface area contributed by atoms with Crippen LogP contribution >= 0.6 is 0 Å². The number of ether oxygens (including phenoxy) is 1. The van der Waals surface area contributed by atoms with Crippen molar-refractivity contribution in [2.75, 3.05) is 0 Å². The van der Waals surface area contributed by atoms with Crippen molar-refractivity contribution in [2.45, 2.75) is 65.1 Å². The molecule has 0 heterocycles. The van der Waals surface area contributed by atoms with E-state index in [-0.39, 0.29) is 0 Å². The van der Waals surface area contributed by atoms with Gasteiger partial charge < -0.3 is 4.74 Å². The lowest BCUT2D eigenvalue weighted by atomic mass is 10.0. The molecular formula is C16H24O. The zero-order valence-corrected chi connectivity index (χ0v) is 11.2. The molecule has 0 aromatic heterocycles. The highest BCUT2D eigenvalue weighted by molar-refractivity contribution is 5.31. The topological polar surface area (TPSA) is 9.23 Å². The Balaban J connectivity index is 1.95. The maximum atomic E-state index is 5.96. The fourth-order valence-electron chi connectivity index (χ4n) is 2.71. The van der Waals surface area contributed by atoms with E-state index in [4.69, 9.17) is 4.74 Å². The maximum absolute atomic E-state index is 5.96. The molecule has 0 spiro atoms. The lowest BCUT2D eigenvalue weighted by molar-refractivity contribution is 0.0456. The van der Waals surface area contributed by atoms with Gasteiger partial charge in [-0.3, -0.25) is 0 Å². The van der Waals surface area contributed by atoms with Crippen LogP contribution in [-0.2, 0) is 24.2 Å². The van der Waals surface area contributed by atoms with Crippen LogP contribution < -0.4 is 0 Å². The summed E-state index contributed by atoms with van der Waals surface area (Å²) in [6.07, 6.45) is 7.99. The van der Waals surface area contributed by atoms with Gasteiger partial charge in [-0.05, 0) is 42.4 Å². The van der Waals surface area contributed by atoms with Gasteiger partial charge >= 0.3 is 0 Å². The van der Waals surface area contributed by atoms with Crippen LogP contribution in [0.5, 0.6) is 0 Å². The van der Waals surface area contributed by atoms with Gasteiger partial charge in [-0.25, -0.2) is 0 Å². The fourth-order valence-corrected chi connectivity index (χ4v) is 2.71. The summed E-state index contributed by atoms with van der Waals surface area (Å²) in [5.41, 5.74) is 4.31. The smallest absolute Gasteiger partial charge is 0.0720 e. The van der Waals surface area contributed by atoms with Crippen molar-refractivity contribution < 1.29 is 4.74 Å². The molecule has 0 atom stereocenters. The third kappa shape index (κ3) is 3.32. The Morgan fingerprint density at radius 2 is 1.76 bits per heavy atom. The number of hydrogen-bond acceptors (Lipinski definition) is 1. The van der Waals surface area contributed by atoms with Crippen molar-refractivity contribution >= 4 is 0 Å². The highest BCUT2D eigenvalue weighted by Crippen LogP contribution is 2.22. The Morgan fingerprint density at radius 1 is 1.06 bits per heavy atom. The quantitative estimate of drug-likeness (QED) is 0.736. The predicted molar refractivity (Wildman–Crippen MR) is 72.2 cm³/mol. The summed E-state index contributed by atoms with van der Waals surface area (Å²) in [7, 11) is 0. The van der Waals surface area contributed by atoms with Crippen molar-refractivity contribution in [1.29, 1.82) is 0 Å². The van der Waals surface area contributed by atoms with Crippen LogP contribution in [0, 0.1) is 0 Å². The van der Waals surface area contributed by atoms with Crippen molar-refractivity contribution in [3.05, 3.63) is 34.9 Å². The van der Waals surface area contributed by atoms with Crippen LogP contribution in [0.4, 0.5) is 0 Å². The second kappa shape index (κ2) is 6.20. The molecule has 1 heteroatoms. The molecule has 1 aliphatic carbocycles. The normalized spacial score (nSPS) is 16.6. The van der Waals surface area contributed by atoms with E-state index in [1.54, 1.807) is 0 Å². The standard InChI is InChI=1S/C16H24O/c1-3-14-10-9-13(11-15(14)4-2)12-17-16-7-5-6-8-16/h9-11,16H,3-8,12H2,1-2H3. The highest BCUT2D eigenvalue weighted by Gasteiger charge is 2.15. The van der Waals surface area contributed by atoms with E-state index in [2.05, 4.69) is 32.0 Å². The SMILES string of the molecule is CCc1ccc(COC2CCCC2)cc1CC. The highest BCUT2D eigenvalue weighted by atomic mass is 16.5. The van der Waals surface area contributed by atoms with Crippen LogP contribution in [-0.4, -0.2) is 6.10 Å². The first kappa shape index (κ1) is 12.6. The Labute approximate surface area is 105 Å². The average Bonchev–Trinajstić information content (AvgIpc) is 2.89. The molecule has 0 amide bonds. The van der Waals surface area contributed by atoms with E-state index >= 15 is 0 Å². The molecule has 17 heavy (non-hydrogen) atoms. The van der Waals surface area contributed by atoms with E-state index in [9.17, 15) is 0 Å². The Kier molecular flexibility index (Phi) is 4.61. The van der Waals surface area contributed by atoms with E-state index in [0.29, 0.717) is 6.10 Å². The van der Waals surface area contributed by atoms with Crippen LogP contribution in [0.15, 0.2) is 18.2 Å². The molecule has 1 aromatic carbocycles. The van der Waals surface area contributed by atoms with E-state index < -0.39 is 0 Å². The molecule has 1 aliphatic rings. The molecule has 0 unspecified atom stereocenters. The zero-order chi connectivity index (χ0) is 12.1. The molecule has 0 radical (unpaired) electrons. The molecule has 1 saturated carbocycles. The summed E-state index contributed by atoms with van der Waals surface area (Å²) in [4.78, 5) is 0. The molecule has 0 bridgehead atoms. The Hall–Kier alpha value is -0.820. The van der Waals surface area contributed by atoms with E-state index in [0.717, 1.165) is 19.4 Å². The van der Waals surface area contributed by atoms with Crippen molar-refractivity contribution in [1.82, 2.24) is 0 Å². The minimum Gasteiger partial charge on any atom is -0.374 e. The van der Waals surface area contributed by atoms with Crippen molar-refractivity contribution in [3.8, 4) is 0 Å². The first-order valence-electron chi connectivity index (χ1n) is 7.05. The van der Waals surface area contributed by atoms with Gasteiger partial charge in [-0.2, -0.15) is 0 Å². The largest absolute Gasteiger partial charge is 0.374 e. The monoisotopic (exact) mass is 232 g/mol. The summed E-state index contributed by atoms with van der Waals surface area (Å²) < 4.78 is 5.96. The van der Waals surface area contributed by atoms with Crippen molar-refractivity contribution in [3.63, 3.8) is 0 Å². The second-order valence-electron chi connectivity index (χ2n) is 5.03. The predicted octanol–water partition coefficient (Wildman–Crippen LogP) is 4.27.